The van der Waals surface area contributed by atoms with Crippen LogP contribution in [0.25, 0.3) is 5.69 Å². The lowest BCUT2D eigenvalue weighted by molar-refractivity contribution is 0.0716. The highest BCUT2D eigenvalue weighted by Crippen LogP contribution is 2.34. The van der Waals surface area contributed by atoms with Crippen molar-refractivity contribution in [2.24, 2.45) is 11.7 Å². The summed E-state index contributed by atoms with van der Waals surface area (Å²) >= 11 is 1.60. The van der Waals surface area contributed by atoms with Crippen LogP contribution in [0, 0.1) is 12.8 Å². The Kier molecular flexibility index (Phi) is 6.67. The minimum atomic E-state index is -0.206. The van der Waals surface area contributed by atoms with Gasteiger partial charge in [0.1, 0.15) is 16.8 Å². The van der Waals surface area contributed by atoms with Gasteiger partial charge in [0, 0.05) is 24.5 Å². The molecule has 0 radical (unpaired) electrons. The molecule has 2 N–H and O–H groups in total. The van der Waals surface area contributed by atoms with E-state index in [1.54, 1.807) is 16.0 Å². The van der Waals surface area contributed by atoms with E-state index in [1.807, 2.05) is 61.0 Å². The number of nitrogens with two attached hydrogens (primary N) is 1. The maximum absolute atomic E-state index is 13.4. The van der Waals surface area contributed by atoms with Gasteiger partial charge in [0.2, 0.25) is 0 Å². The van der Waals surface area contributed by atoms with Gasteiger partial charge in [-0.05, 0) is 60.6 Å². The molecule has 6 nitrogen and oxygen atoms in total. The van der Waals surface area contributed by atoms with E-state index in [1.165, 1.54) is 12.8 Å². The lowest BCUT2D eigenvalue weighted by atomic mass is 10.0. The predicted octanol–water partition coefficient (Wildman–Crippen LogP) is 5.04. The van der Waals surface area contributed by atoms with Crippen molar-refractivity contribution in [3.8, 4) is 5.69 Å². The Hall–Kier alpha value is -3.13. The monoisotopic (exact) mass is 472 g/mol. The number of ketones is 1. The van der Waals surface area contributed by atoms with Crippen molar-refractivity contribution >= 4 is 17.1 Å². The van der Waals surface area contributed by atoms with Crippen LogP contribution >= 0.6 is 11.3 Å². The first-order valence-electron chi connectivity index (χ1n) is 11.6. The third-order valence-electron chi connectivity index (χ3n) is 6.00. The number of thiazole rings is 1. The molecule has 4 aromatic rings. The van der Waals surface area contributed by atoms with E-state index in [-0.39, 0.29) is 18.3 Å². The molecule has 174 valence electrons. The molecule has 5 rings (SSSR count). The number of aryl methyl sites for hydroxylation is 1. The van der Waals surface area contributed by atoms with E-state index in [0.29, 0.717) is 18.2 Å². The molecule has 1 fully saturated rings. The highest BCUT2D eigenvalue weighted by atomic mass is 32.1. The first-order chi connectivity index (χ1) is 16.6. The van der Waals surface area contributed by atoms with Crippen LogP contribution < -0.4 is 5.73 Å². The van der Waals surface area contributed by atoms with Gasteiger partial charge in [-0.25, -0.2) is 9.67 Å². The second kappa shape index (κ2) is 10.0. The van der Waals surface area contributed by atoms with Crippen molar-refractivity contribution in [2.45, 2.75) is 38.8 Å². The molecular formula is C27H28N4O2S. The average Bonchev–Trinajstić information content (AvgIpc) is 3.35. The molecule has 1 aliphatic carbocycles. The molecule has 1 unspecified atom stereocenters. The van der Waals surface area contributed by atoms with Crippen LogP contribution in [0.1, 0.15) is 56.8 Å². The van der Waals surface area contributed by atoms with Gasteiger partial charge in [-0.15, -0.1) is 11.3 Å². The second-order valence-corrected chi connectivity index (χ2v) is 9.76. The highest BCUT2D eigenvalue weighted by Gasteiger charge is 2.26. The van der Waals surface area contributed by atoms with Crippen molar-refractivity contribution in [1.29, 1.82) is 0 Å². The van der Waals surface area contributed by atoms with E-state index in [0.717, 1.165) is 39.7 Å². The van der Waals surface area contributed by atoms with Gasteiger partial charge >= 0.3 is 0 Å². The Labute approximate surface area is 203 Å². The van der Waals surface area contributed by atoms with Crippen molar-refractivity contribution < 1.29 is 9.53 Å². The molecule has 2 aromatic heterocycles. The quantitative estimate of drug-likeness (QED) is 0.327. The molecule has 1 saturated carbocycles. The topological polar surface area (TPSA) is 83.0 Å². The first kappa shape index (κ1) is 22.7. The summed E-state index contributed by atoms with van der Waals surface area (Å²) in [5, 5.41) is 7.49. The highest BCUT2D eigenvalue weighted by molar-refractivity contribution is 7.09. The Morgan fingerprint density at radius 3 is 2.76 bits per heavy atom. The van der Waals surface area contributed by atoms with Crippen LogP contribution in [-0.4, -0.2) is 27.2 Å². The average molecular weight is 473 g/mol. The minimum absolute atomic E-state index is 0.0144. The molecule has 2 heterocycles. The molecule has 0 saturated heterocycles. The number of aromatic nitrogens is 3. The predicted molar refractivity (Wildman–Crippen MR) is 133 cm³/mol. The number of hydrogen-bond acceptors (Lipinski definition) is 6. The summed E-state index contributed by atoms with van der Waals surface area (Å²) in [4.78, 5) is 17.9. The van der Waals surface area contributed by atoms with Crippen molar-refractivity contribution in [3.63, 3.8) is 0 Å². The molecule has 0 amide bonds. The summed E-state index contributed by atoms with van der Waals surface area (Å²) < 4.78 is 8.00. The zero-order valence-electron chi connectivity index (χ0n) is 19.2. The fourth-order valence-electron chi connectivity index (χ4n) is 4.04. The maximum atomic E-state index is 13.4. The fraction of sp³-hybridized carbons (Fsp3) is 0.296. The molecule has 1 aliphatic rings. The van der Waals surface area contributed by atoms with E-state index in [2.05, 4.69) is 22.2 Å². The molecule has 34 heavy (non-hydrogen) atoms. The van der Waals surface area contributed by atoms with Gasteiger partial charge in [0.25, 0.3) is 0 Å². The maximum Gasteiger partial charge on any atom is 0.185 e. The largest absolute Gasteiger partial charge is 0.366 e. The number of nitrogens with zero attached hydrogens (tertiary/aromatic N) is 3. The van der Waals surface area contributed by atoms with E-state index in [9.17, 15) is 4.79 Å². The number of rotatable bonds is 10. The van der Waals surface area contributed by atoms with Crippen molar-refractivity contribution in [3.05, 3.63) is 99.3 Å². The number of carbonyl (C=O) groups excluding carboxylic acids is 1. The fourth-order valence-corrected chi connectivity index (χ4v) is 4.75. The minimum Gasteiger partial charge on any atom is -0.366 e. The van der Waals surface area contributed by atoms with E-state index < -0.39 is 0 Å². The zero-order valence-corrected chi connectivity index (χ0v) is 20.0. The lowest BCUT2D eigenvalue weighted by Crippen LogP contribution is -2.13. The van der Waals surface area contributed by atoms with Crippen LogP contribution in [-0.2, 0) is 17.7 Å². The third kappa shape index (κ3) is 5.17. The molecule has 0 spiro atoms. The smallest absolute Gasteiger partial charge is 0.185 e. The van der Waals surface area contributed by atoms with E-state index in [4.69, 9.17) is 10.5 Å². The normalized spacial score (nSPS) is 14.3. The number of Topliss-reactive ketones (excluding diaryl/α,β-unsaturated/α-hetero) is 1. The first-order valence-corrected chi connectivity index (χ1v) is 12.5. The summed E-state index contributed by atoms with van der Waals surface area (Å²) in [6.45, 7) is 3.08. The number of ether oxygens (including phenoxy) is 1. The number of hydrogen-bond donors (Lipinski definition) is 1. The SMILES string of the molecule is Cc1cc(C(=O)Cc2cccc(C(OCC3CC3)c3nccs3)c2)n(-c2cccc(CN)c2)n1. The standard InChI is InChI=1S/C27H28N4O2S/c1-18-12-24(31(30-18)23-7-3-5-21(14-23)16-28)25(32)15-20-4-2-6-22(13-20)26(27-29-10-11-34-27)33-17-19-8-9-19/h2-7,10-14,19,26H,8-9,15-17,28H2,1H3. The molecule has 7 heteroatoms. The summed E-state index contributed by atoms with van der Waals surface area (Å²) in [5.74, 6) is 0.675. The Morgan fingerprint density at radius 1 is 1.18 bits per heavy atom. The van der Waals surface area contributed by atoms with E-state index >= 15 is 0 Å². The van der Waals surface area contributed by atoms with Gasteiger partial charge in [-0.3, -0.25) is 4.79 Å². The summed E-state index contributed by atoms with van der Waals surface area (Å²) in [6, 6.07) is 17.8. The van der Waals surface area contributed by atoms with Crippen LogP contribution in [0.2, 0.25) is 0 Å². The second-order valence-electron chi connectivity index (χ2n) is 8.83. The molecule has 2 aromatic carbocycles. The van der Waals surface area contributed by atoms with Crippen molar-refractivity contribution in [1.82, 2.24) is 14.8 Å². The van der Waals surface area contributed by atoms with Gasteiger partial charge in [0.05, 0.1) is 18.0 Å². The summed E-state index contributed by atoms with van der Waals surface area (Å²) in [5.41, 5.74) is 11.0. The molecule has 0 aliphatic heterocycles. The van der Waals surface area contributed by atoms with Crippen molar-refractivity contribution in [2.75, 3.05) is 6.61 Å². The van der Waals surface area contributed by atoms with Gasteiger partial charge in [0.15, 0.2) is 5.78 Å². The number of carbonyl (C=O) groups is 1. The van der Waals surface area contributed by atoms with Crippen LogP contribution in [0.3, 0.4) is 0 Å². The molecule has 1 atom stereocenters. The van der Waals surface area contributed by atoms with Gasteiger partial charge in [-0.1, -0.05) is 36.4 Å². The Bertz CT molecular complexity index is 1280. The molecule has 0 bridgehead atoms. The third-order valence-corrected chi connectivity index (χ3v) is 6.82. The van der Waals surface area contributed by atoms with Crippen LogP contribution in [0.4, 0.5) is 0 Å². The summed E-state index contributed by atoms with van der Waals surface area (Å²) in [6.07, 6.45) is 4.36. The van der Waals surface area contributed by atoms with Crippen LogP contribution in [0.5, 0.6) is 0 Å². The van der Waals surface area contributed by atoms with Gasteiger partial charge < -0.3 is 10.5 Å². The van der Waals surface area contributed by atoms with Crippen LogP contribution in [0.15, 0.2) is 66.2 Å². The van der Waals surface area contributed by atoms with Gasteiger partial charge in [-0.2, -0.15) is 5.10 Å². The molecular weight excluding hydrogens is 444 g/mol. The lowest BCUT2D eigenvalue weighted by Gasteiger charge is -2.17. The number of benzene rings is 2. The zero-order chi connectivity index (χ0) is 23.5. The summed E-state index contributed by atoms with van der Waals surface area (Å²) in [7, 11) is 0. The Morgan fingerprint density at radius 2 is 2.00 bits per heavy atom. The Balaban J connectivity index is 1.39.